The van der Waals surface area contributed by atoms with Gasteiger partial charge in [-0.25, -0.2) is 0 Å². The van der Waals surface area contributed by atoms with E-state index in [9.17, 15) is 4.79 Å². The molecule has 0 amide bonds. The first-order valence-electron chi connectivity index (χ1n) is 7.12. The number of carbonyl (C=O) groups is 1. The van der Waals surface area contributed by atoms with Crippen molar-refractivity contribution in [3.63, 3.8) is 0 Å². The lowest BCUT2D eigenvalue weighted by Crippen LogP contribution is -2.26. The fourth-order valence-electron chi connectivity index (χ4n) is 2.84. The molecule has 2 heteroatoms. The lowest BCUT2D eigenvalue weighted by Gasteiger charge is -2.22. The van der Waals surface area contributed by atoms with Gasteiger partial charge in [-0.15, -0.1) is 0 Å². The van der Waals surface area contributed by atoms with E-state index in [2.05, 4.69) is 0 Å². The Balaban J connectivity index is 1.95. The molecule has 1 saturated heterocycles. The summed E-state index contributed by atoms with van der Waals surface area (Å²) in [4.78, 5) is 12.9. The predicted molar refractivity (Wildman–Crippen MR) is 78.9 cm³/mol. The van der Waals surface area contributed by atoms with E-state index in [1.54, 1.807) is 0 Å². The molecule has 0 saturated carbocycles. The van der Waals surface area contributed by atoms with Crippen LogP contribution >= 0.6 is 0 Å². The predicted octanol–water partition coefficient (Wildman–Crippen LogP) is 3.83. The molecule has 1 fully saturated rings. The molecule has 2 nitrogen and oxygen atoms in total. The maximum absolute atomic E-state index is 12.9. The molecule has 3 rings (SSSR count). The average molecular weight is 266 g/mol. The van der Waals surface area contributed by atoms with E-state index in [1.165, 1.54) is 0 Å². The third-order valence-corrected chi connectivity index (χ3v) is 3.84. The van der Waals surface area contributed by atoms with E-state index in [1.807, 2.05) is 60.7 Å². The lowest BCUT2D eigenvalue weighted by atomic mass is 9.85. The second-order valence-corrected chi connectivity index (χ2v) is 5.17. The first-order valence-corrected chi connectivity index (χ1v) is 7.12. The Morgan fingerprint density at radius 1 is 1.00 bits per heavy atom. The topological polar surface area (TPSA) is 26.3 Å². The normalized spacial score (nSPS) is 19.7. The molecule has 1 aliphatic heterocycles. The molecular formula is C18H18O2. The zero-order valence-corrected chi connectivity index (χ0v) is 11.4. The van der Waals surface area contributed by atoms with E-state index in [4.69, 9.17) is 4.74 Å². The summed E-state index contributed by atoms with van der Waals surface area (Å²) in [5, 5.41) is 0. The zero-order valence-electron chi connectivity index (χ0n) is 11.4. The van der Waals surface area contributed by atoms with E-state index in [-0.39, 0.29) is 17.8 Å². The van der Waals surface area contributed by atoms with Gasteiger partial charge in [0.15, 0.2) is 5.78 Å². The van der Waals surface area contributed by atoms with Crippen LogP contribution in [-0.4, -0.2) is 18.5 Å². The zero-order chi connectivity index (χ0) is 13.8. The maximum Gasteiger partial charge on any atom is 0.172 e. The molecule has 0 aliphatic carbocycles. The van der Waals surface area contributed by atoms with Gasteiger partial charge in [-0.1, -0.05) is 60.7 Å². The maximum atomic E-state index is 12.9. The van der Waals surface area contributed by atoms with E-state index in [0.29, 0.717) is 0 Å². The third kappa shape index (κ3) is 2.66. The van der Waals surface area contributed by atoms with Crippen molar-refractivity contribution in [3.8, 4) is 0 Å². The van der Waals surface area contributed by atoms with Gasteiger partial charge in [0.25, 0.3) is 0 Å². The largest absolute Gasteiger partial charge is 0.377 e. The van der Waals surface area contributed by atoms with E-state index < -0.39 is 0 Å². The standard InChI is InChI=1S/C18H18O2/c19-18(15-10-5-2-6-11-15)17(16-12-7-13-20-16)14-8-3-1-4-9-14/h1-6,8-11,16-17H,7,12-13H2/t16-,17-/m1/s1. The van der Waals surface area contributed by atoms with Gasteiger partial charge < -0.3 is 4.74 Å². The summed E-state index contributed by atoms with van der Waals surface area (Å²) in [6.07, 6.45) is 2.00. The highest BCUT2D eigenvalue weighted by atomic mass is 16.5. The van der Waals surface area contributed by atoms with Crippen LogP contribution in [0.3, 0.4) is 0 Å². The summed E-state index contributed by atoms with van der Waals surface area (Å²) in [5.74, 6) is -0.0372. The minimum atomic E-state index is -0.193. The van der Waals surface area contributed by atoms with Crippen LogP contribution < -0.4 is 0 Å². The Morgan fingerprint density at radius 2 is 1.65 bits per heavy atom. The van der Waals surface area contributed by atoms with Crippen LogP contribution in [-0.2, 0) is 4.74 Å². The Labute approximate surface area is 119 Å². The van der Waals surface area contributed by atoms with Gasteiger partial charge in [0, 0.05) is 12.2 Å². The van der Waals surface area contributed by atoms with Crippen molar-refractivity contribution in [1.82, 2.24) is 0 Å². The Hall–Kier alpha value is -1.93. The molecule has 2 aromatic carbocycles. The number of hydrogen-bond donors (Lipinski definition) is 0. The average Bonchev–Trinajstić information content (AvgIpc) is 3.03. The van der Waals surface area contributed by atoms with Crippen LogP contribution in [0.15, 0.2) is 60.7 Å². The van der Waals surface area contributed by atoms with Crippen LogP contribution in [0.25, 0.3) is 0 Å². The second kappa shape index (κ2) is 6.02. The minimum Gasteiger partial charge on any atom is -0.377 e. The summed E-state index contributed by atoms with van der Waals surface area (Å²) in [6, 6.07) is 19.5. The fourth-order valence-corrected chi connectivity index (χ4v) is 2.84. The molecule has 2 atom stereocenters. The molecule has 0 bridgehead atoms. The van der Waals surface area contributed by atoms with E-state index in [0.717, 1.165) is 30.6 Å². The number of ketones is 1. The Morgan fingerprint density at radius 3 is 2.25 bits per heavy atom. The van der Waals surface area contributed by atoms with Crippen LogP contribution in [0, 0.1) is 0 Å². The summed E-state index contributed by atoms with van der Waals surface area (Å²) >= 11 is 0. The van der Waals surface area contributed by atoms with Crippen LogP contribution in [0.2, 0.25) is 0 Å². The molecule has 102 valence electrons. The SMILES string of the molecule is O=C(c1ccccc1)[C@H](c1ccccc1)[C@H]1CCCO1. The van der Waals surface area contributed by atoms with Gasteiger partial charge >= 0.3 is 0 Å². The summed E-state index contributed by atoms with van der Waals surface area (Å²) in [5.41, 5.74) is 1.81. The van der Waals surface area contributed by atoms with E-state index >= 15 is 0 Å². The second-order valence-electron chi connectivity index (χ2n) is 5.17. The van der Waals surface area contributed by atoms with Gasteiger partial charge in [0.2, 0.25) is 0 Å². The lowest BCUT2D eigenvalue weighted by molar-refractivity contribution is 0.0676. The van der Waals surface area contributed by atoms with Crippen LogP contribution in [0.5, 0.6) is 0 Å². The van der Waals surface area contributed by atoms with Crippen LogP contribution in [0.1, 0.15) is 34.7 Å². The first-order chi connectivity index (χ1) is 9.86. The van der Waals surface area contributed by atoms with Gasteiger partial charge in [-0.3, -0.25) is 4.79 Å². The molecule has 0 radical (unpaired) electrons. The van der Waals surface area contributed by atoms with Gasteiger partial charge in [0.05, 0.1) is 12.0 Å². The molecule has 0 N–H and O–H groups in total. The highest BCUT2D eigenvalue weighted by molar-refractivity contribution is 6.01. The minimum absolute atomic E-state index is 0.00473. The van der Waals surface area contributed by atoms with Gasteiger partial charge in [-0.2, -0.15) is 0 Å². The summed E-state index contributed by atoms with van der Waals surface area (Å²) < 4.78 is 5.79. The number of ether oxygens (including phenoxy) is 1. The molecule has 2 aromatic rings. The molecule has 0 unspecified atom stereocenters. The third-order valence-electron chi connectivity index (χ3n) is 3.84. The highest BCUT2D eigenvalue weighted by Crippen LogP contribution is 2.31. The van der Waals surface area contributed by atoms with Crippen molar-refractivity contribution in [1.29, 1.82) is 0 Å². The number of rotatable bonds is 4. The number of hydrogen-bond acceptors (Lipinski definition) is 2. The molecule has 1 aliphatic rings. The monoisotopic (exact) mass is 266 g/mol. The molecule has 20 heavy (non-hydrogen) atoms. The summed E-state index contributed by atoms with van der Waals surface area (Å²) in [7, 11) is 0. The smallest absolute Gasteiger partial charge is 0.172 e. The number of Topliss-reactive ketones (excluding diaryl/α,β-unsaturated/α-hetero) is 1. The molecular weight excluding hydrogens is 248 g/mol. The fraction of sp³-hybridized carbons (Fsp3) is 0.278. The Kier molecular flexibility index (Phi) is 3.93. The quantitative estimate of drug-likeness (QED) is 0.786. The molecule has 0 spiro atoms. The Bertz CT molecular complexity index is 556. The van der Waals surface area contributed by atoms with Crippen molar-refractivity contribution in [2.45, 2.75) is 24.9 Å². The number of carbonyl (C=O) groups excluding carboxylic acids is 1. The van der Waals surface area contributed by atoms with Crippen molar-refractivity contribution in [2.24, 2.45) is 0 Å². The van der Waals surface area contributed by atoms with Crippen molar-refractivity contribution >= 4 is 5.78 Å². The highest BCUT2D eigenvalue weighted by Gasteiger charge is 2.33. The summed E-state index contributed by atoms with van der Waals surface area (Å²) in [6.45, 7) is 0.760. The van der Waals surface area contributed by atoms with Gasteiger partial charge in [-0.05, 0) is 18.4 Å². The first kappa shape index (κ1) is 13.1. The van der Waals surface area contributed by atoms with Crippen molar-refractivity contribution in [2.75, 3.05) is 6.61 Å². The van der Waals surface area contributed by atoms with Gasteiger partial charge in [0.1, 0.15) is 0 Å². The molecule has 0 aromatic heterocycles. The van der Waals surface area contributed by atoms with Crippen molar-refractivity contribution < 1.29 is 9.53 Å². The van der Waals surface area contributed by atoms with Crippen LogP contribution in [0.4, 0.5) is 0 Å². The number of benzene rings is 2. The molecule has 1 heterocycles. The van der Waals surface area contributed by atoms with Crippen molar-refractivity contribution in [3.05, 3.63) is 71.8 Å².